The van der Waals surface area contributed by atoms with Crippen molar-refractivity contribution >= 4 is 21.6 Å². The largest absolute Gasteiger partial charge is 0.264 e. The lowest BCUT2D eigenvalue weighted by Gasteiger charge is -2.36. The zero-order valence-electron chi connectivity index (χ0n) is 14.7. The van der Waals surface area contributed by atoms with Crippen LogP contribution in [0.25, 0.3) is 0 Å². The second kappa shape index (κ2) is 7.03. The summed E-state index contributed by atoms with van der Waals surface area (Å²) in [6.07, 6.45) is 5.38. The standard InChI is InChI=1S/C20H18ClN3O2S/c1-14-4-6-18-15(11-14)8-10-24(20(18)16-3-2-9-22-12-16)27(25,26)17-5-7-19(21)23-13-17/h2-7,9,11-13,20H,8,10H2,1H3. The topological polar surface area (TPSA) is 63.2 Å². The highest BCUT2D eigenvalue weighted by molar-refractivity contribution is 7.89. The molecule has 2 aromatic heterocycles. The minimum atomic E-state index is -3.74. The van der Waals surface area contributed by atoms with Gasteiger partial charge in [-0.15, -0.1) is 0 Å². The van der Waals surface area contributed by atoms with Crippen molar-refractivity contribution in [3.05, 3.63) is 88.5 Å². The first kappa shape index (κ1) is 18.1. The molecule has 3 heterocycles. The second-order valence-corrected chi connectivity index (χ2v) is 8.85. The van der Waals surface area contributed by atoms with Gasteiger partial charge in [-0.05, 0) is 48.2 Å². The van der Waals surface area contributed by atoms with Gasteiger partial charge in [-0.25, -0.2) is 13.4 Å². The van der Waals surface area contributed by atoms with Crippen LogP contribution in [0.4, 0.5) is 0 Å². The molecule has 0 radical (unpaired) electrons. The number of pyridine rings is 2. The van der Waals surface area contributed by atoms with Crippen molar-refractivity contribution in [1.29, 1.82) is 0 Å². The van der Waals surface area contributed by atoms with E-state index in [1.165, 1.54) is 28.2 Å². The Kier molecular flexibility index (Phi) is 4.72. The van der Waals surface area contributed by atoms with Gasteiger partial charge in [-0.3, -0.25) is 4.98 Å². The quantitative estimate of drug-likeness (QED) is 0.629. The van der Waals surface area contributed by atoms with E-state index in [4.69, 9.17) is 11.6 Å². The van der Waals surface area contributed by atoms with Gasteiger partial charge in [0.15, 0.2) is 0 Å². The van der Waals surface area contributed by atoms with Gasteiger partial charge in [0, 0.05) is 25.1 Å². The van der Waals surface area contributed by atoms with Crippen molar-refractivity contribution in [2.75, 3.05) is 6.54 Å². The molecule has 0 saturated carbocycles. The van der Waals surface area contributed by atoms with E-state index in [1.807, 2.05) is 31.2 Å². The van der Waals surface area contributed by atoms with Crippen molar-refractivity contribution in [3.63, 3.8) is 0 Å². The van der Waals surface area contributed by atoms with E-state index < -0.39 is 16.1 Å². The lowest BCUT2D eigenvalue weighted by Crippen LogP contribution is -2.40. The van der Waals surface area contributed by atoms with Gasteiger partial charge in [-0.1, -0.05) is 41.4 Å². The number of nitrogens with zero attached hydrogens (tertiary/aromatic N) is 3. The SMILES string of the molecule is Cc1ccc2c(c1)CCN(S(=O)(=O)c1ccc(Cl)nc1)C2c1cccnc1. The molecule has 5 nitrogen and oxygen atoms in total. The Morgan fingerprint density at radius 3 is 2.70 bits per heavy atom. The first-order valence-electron chi connectivity index (χ1n) is 8.59. The maximum absolute atomic E-state index is 13.4. The average molecular weight is 400 g/mol. The molecule has 0 amide bonds. The van der Waals surface area contributed by atoms with Crippen molar-refractivity contribution in [2.45, 2.75) is 24.3 Å². The molecule has 4 rings (SSSR count). The number of halogens is 1. The predicted molar refractivity (Wildman–Crippen MR) is 104 cm³/mol. The molecule has 0 N–H and O–H groups in total. The van der Waals surface area contributed by atoms with Crippen LogP contribution in [-0.4, -0.2) is 29.2 Å². The van der Waals surface area contributed by atoms with Gasteiger partial charge in [-0.2, -0.15) is 4.31 Å². The summed E-state index contributed by atoms with van der Waals surface area (Å²) in [6.45, 7) is 2.43. The first-order valence-corrected chi connectivity index (χ1v) is 10.4. The van der Waals surface area contributed by atoms with E-state index >= 15 is 0 Å². The number of hydrogen-bond acceptors (Lipinski definition) is 4. The minimum absolute atomic E-state index is 0.136. The molecular weight excluding hydrogens is 382 g/mol. The molecule has 1 aromatic carbocycles. The van der Waals surface area contributed by atoms with E-state index in [9.17, 15) is 8.42 Å². The van der Waals surface area contributed by atoms with Crippen molar-refractivity contribution < 1.29 is 8.42 Å². The van der Waals surface area contributed by atoms with Gasteiger partial charge in [0.1, 0.15) is 10.0 Å². The minimum Gasteiger partial charge on any atom is -0.264 e. The van der Waals surface area contributed by atoms with Gasteiger partial charge in [0.05, 0.1) is 6.04 Å². The van der Waals surface area contributed by atoms with Crippen LogP contribution in [-0.2, 0) is 16.4 Å². The molecule has 1 atom stereocenters. The molecule has 1 aliphatic heterocycles. The lowest BCUT2D eigenvalue weighted by molar-refractivity contribution is 0.343. The van der Waals surface area contributed by atoms with E-state index in [0.717, 1.165) is 16.7 Å². The Labute approximate surface area is 163 Å². The molecule has 0 spiro atoms. The zero-order chi connectivity index (χ0) is 19.0. The summed E-state index contributed by atoms with van der Waals surface area (Å²) in [6, 6.07) is 12.5. The predicted octanol–water partition coefficient (Wildman–Crippen LogP) is 3.77. The molecule has 0 saturated heterocycles. The van der Waals surface area contributed by atoms with Crippen LogP contribution in [0.5, 0.6) is 0 Å². The number of hydrogen-bond donors (Lipinski definition) is 0. The van der Waals surface area contributed by atoms with Gasteiger partial charge in [0.25, 0.3) is 0 Å². The number of sulfonamides is 1. The van der Waals surface area contributed by atoms with Gasteiger partial charge >= 0.3 is 0 Å². The monoisotopic (exact) mass is 399 g/mol. The summed E-state index contributed by atoms with van der Waals surface area (Å²) < 4.78 is 28.3. The molecule has 3 aromatic rings. The van der Waals surface area contributed by atoms with Crippen molar-refractivity contribution in [3.8, 4) is 0 Å². The molecule has 0 fully saturated rings. The summed E-state index contributed by atoms with van der Waals surface area (Å²) in [4.78, 5) is 8.28. The number of fused-ring (bicyclic) bond motifs is 1. The van der Waals surface area contributed by atoms with Crippen LogP contribution in [0, 0.1) is 6.92 Å². The van der Waals surface area contributed by atoms with Crippen LogP contribution in [0.3, 0.4) is 0 Å². The molecular formula is C20H18ClN3O2S. The van der Waals surface area contributed by atoms with Crippen LogP contribution in [0.2, 0.25) is 5.15 Å². The maximum Gasteiger partial charge on any atom is 0.245 e. The highest BCUT2D eigenvalue weighted by Crippen LogP contribution is 2.38. The molecule has 27 heavy (non-hydrogen) atoms. The molecule has 1 unspecified atom stereocenters. The summed E-state index contributed by atoms with van der Waals surface area (Å²) >= 11 is 5.83. The summed E-state index contributed by atoms with van der Waals surface area (Å²) in [5.74, 6) is 0. The van der Waals surface area contributed by atoms with E-state index in [-0.39, 0.29) is 10.0 Å². The number of benzene rings is 1. The second-order valence-electron chi connectivity index (χ2n) is 6.57. The average Bonchev–Trinajstić information content (AvgIpc) is 2.68. The Morgan fingerprint density at radius 2 is 2.00 bits per heavy atom. The van der Waals surface area contributed by atoms with Crippen molar-refractivity contribution in [1.82, 2.24) is 14.3 Å². The third-order valence-electron chi connectivity index (χ3n) is 4.79. The molecule has 138 valence electrons. The highest BCUT2D eigenvalue weighted by atomic mass is 35.5. The normalized spacial score (nSPS) is 17.5. The van der Waals surface area contributed by atoms with E-state index in [2.05, 4.69) is 16.0 Å². The van der Waals surface area contributed by atoms with Gasteiger partial charge < -0.3 is 0 Å². The van der Waals surface area contributed by atoms with Crippen molar-refractivity contribution in [2.24, 2.45) is 0 Å². The Balaban J connectivity index is 1.86. The highest BCUT2D eigenvalue weighted by Gasteiger charge is 2.37. The maximum atomic E-state index is 13.4. The Morgan fingerprint density at radius 1 is 1.15 bits per heavy atom. The number of aryl methyl sites for hydroxylation is 1. The Hall–Kier alpha value is -2.28. The molecule has 0 aliphatic carbocycles. The third kappa shape index (κ3) is 3.36. The Bertz CT molecular complexity index is 1070. The zero-order valence-corrected chi connectivity index (χ0v) is 16.3. The van der Waals surface area contributed by atoms with E-state index in [0.29, 0.717) is 13.0 Å². The first-order chi connectivity index (χ1) is 13.0. The fourth-order valence-electron chi connectivity index (χ4n) is 3.53. The van der Waals surface area contributed by atoms with Gasteiger partial charge in [0.2, 0.25) is 10.0 Å². The van der Waals surface area contributed by atoms with Crippen LogP contribution in [0.15, 0.2) is 66.0 Å². The molecule has 0 bridgehead atoms. The van der Waals surface area contributed by atoms with Crippen LogP contribution in [0.1, 0.15) is 28.3 Å². The molecule has 1 aliphatic rings. The smallest absolute Gasteiger partial charge is 0.245 e. The summed E-state index contributed by atoms with van der Waals surface area (Å²) in [5, 5.41) is 0.261. The number of rotatable bonds is 3. The number of aromatic nitrogens is 2. The third-order valence-corrected chi connectivity index (χ3v) is 6.86. The van der Waals surface area contributed by atoms with Crippen LogP contribution < -0.4 is 0 Å². The molecule has 7 heteroatoms. The summed E-state index contributed by atoms with van der Waals surface area (Å²) in [7, 11) is -3.74. The fourth-order valence-corrected chi connectivity index (χ4v) is 5.18. The summed E-state index contributed by atoms with van der Waals surface area (Å²) in [5.41, 5.74) is 4.17. The lowest BCUT2D eigenvalue weighted by atomic mass is 9.89. The fraction of sp³-hybridized carbons (Fsp3) is 0.200. The van der Waals surface area contributed by atoms with E-state index in [1.54, 1.807) is 12.4 Å². The van der Waals surface area contributed by atoms with Crippen LogP contribution >= 0.6 is 11.6 Å².